The van der Waals surface area contributed by atoms with Crippen molar-refractivity contribution in [2.75, 3.05) is 0 Å². The zero-order chi connectivity index (χ0) is 93.9. The Hall–Kier alpha value is -19.4. The maximum Gasteiger partial charge on any atom is 0.165 e. The van der Waals surface area contributed by atoms with Gasteiger partial charge in [0.25, 0.3) is 0 Å². The second kappa shape index (κ2) is 35.7. The fourth-order valence-corrected chi connectivity index (χ4v) is 19.7. The van der Waals surface area contributed by atoms with Crippen molar-refractivity contribution in [1.29, 1.82) is 0 Å². The SMILES string of the molecule is c1ccc2cc(-c3nc(-c4ccc(-c5ccc6ccccc6n5)nc4)nc(-c4ccc5ccccc5c4)n3)ccc2c1.c1ccc2nc(-c3ccc(-c4nc(-c5cc6ccccc6c6ccccc56)cc(-c5cc6ccccc6c6ccccc56)n4)cn3)ccc2c1.c1ccc2nc(-c3ccc(-c4nc(-c5cc6ccccc6c6ccccc56)nc(-c5cc6ccccc6c6ccccc56)n4)cn3)ccc2c1. The molecule has 0 fully saturated rings. The van der Waals surface area contributed by atoms with Crippen LogP contribution in [0.15, 0.2) is 474 Å². The van der Waals surface area contributed by atoms with E-state index in [9.17, 15) is 0 Å². The molecule has 28 rings (SSSR count). The van der Waals surface area contributed by atoms with E-state index in [0.29, 0.717) is 40.8 Å². The van der Waals surface area contributed by atoms with Crippen LogP contribution in [0.3, 0.4) is 0 Å². The number of hydrogen-bond donors (Lipinski definition) is 0. The molecule has 0 spiro atoms. The predicted molar refractivity (Wildman–Crippen MR) is 581 cm³/mol. The second-order valence-electron chi connectivity index (χ2n) is 35.4. The molecule has 0 aliphatic carbocycles. The molecule has 0 unspecified atom stereocenters. The quantitative estimate of drug-likeness (QED) is 0.105. The number of pyridine rings is 6. The third-order valence-corrected chi connectivity index (χ3v) is 26.8. The molecular weight excluding hydrogens is 1730 g/mol. The van der Waals surface area contributed by atoms with Gasteiger partial charge in [0.2, 0.25) is 0 Å². The topological polar surface area (TPSA) is 180 Å². The fraction of sp³-hybridized carbons (Fsp3) is 0. The predicted octanol–water partition coefficient (Wildman–Crippen LogP) is 31.6. The Morgan fingerprint density at radius 1 is 0.113 bits per heavy atom. The lowest BCUT2D eigenvalue weighted by Gasteiger charge is -2.15. The molecule has 0 saturated heterocycles. The molecule has 0 bridgehead atoms. The minimum Gasteiger partial charge on any atom is -0.254 e. The first-order valence-electron chi connectivity index (χ1n) is 47.3. The van der Waals surface area contributed by atoms with Gasteiger partial charge in [-0.3, -0.25) is 15.0 Å². The zero-order valence-electron chi connectivity index (χ0n) is 76.3. The normalized spacial score (nSPS) is 11.5. The van der Waals surface area contributed by atoms with Crippen LogP contribution < -0.4 is 0 Å². The molecule has 19 aromatic carbocycles. The Labute approximate surface area is 814 Å². The molecule has 0 amide bonds. The largest absolute Gasteiger partial charge is 0.254 e. The van der Waals surface area contributed by atoms with Crippen LogP contribution in [0.4, 0.5) is 0 Å². The Bertz CT molecular complexity index is 9130. The number of nitrogens with zero attached hydrogens (tertiary/aromatic N) is 14. The zero-order valence-corrected chi connectivity index (χ0v) is 76.3. The van der Waals surface area contributed by atoms with Crippen molar-refractivity contribution >= 4 is 140 Å². The van der Waals surface area contributed by atoms with Gasteiger partial charge in [0.1, 0.15) is 0 Å². The molecule has 9 heterocycles. The molecule has 0 aliphatic rings. The Kier molecular flexibility index (Phi) is 20.9. The molecule has 0 N–H and O–H groups in total. The van der Waals surface area contributed by atoms with E-state index < -0.39 is 0 Å². The molecule has 14 nitrogen and oxygen atoms in total. The van der Waals surface area contributed by atoms with Crippen LogP contribution in [-0.2, 0) is 0 Å². The summed E-state index contributed by atoms with van der Waals surface area (Å²) in [6.45, 7) is 0. The standard InChI is InChI=1S/C46H28N4.C45H27N5.C37H23N5/c1-4-14-33-30(12-1)25-39(37-18-8-6-16-35(33)37)44-27-45(40-26-31-13-2-5-15-34(31)36-17-7-9-19-38(36)40)50-46(49-44)32-22-23-42(47-28-32)43-24-21-29-11-3-10-20-41(29)48-43;1-4-14-32-29(12-1)25-38(36-18-8-6-16-34(32)36)44-48-43(31-22-23-41(46-27-31)42-24-21-28-11-3-10-20-40(28)47-42)49-45(50-44)39-26-30-13-2-5-15-33(30)35-17-7-9-19-37(35)39;1-3-10-27-21-29(15-13-24(27)7-1)35-40-36(30-16-14-25-8-2-4-11-28(25)22-30)42-37(41-35)31-18-19-33(38-23-31)34-20-17-26-9-5-6-12-32(26)39-34/h1-28H;1-27H;1-23H. The van der Waals surface area contributed by atoms with Gasteiger partial charge in [-0.25, -0.2) is 54.8 Å². The van der Waals surface area contributed by atoms with E-state index in [4.69, 9.17) is 69.8 Å². The number of fused-ring (bicyclic) bond motifs is 17. The fourth-order valence-electron chi connectivity index (χ4n) is 19.7. The summed E-state index contributed by atoms with van der Waals surface area (Å²) >= 11 is 0. The van der Waals surface area contributed by atoms with Crippen LogP contribution in [0.1, 0.15) is 0 Å². The highest BCUT2D eigenvalue weighted by molar-refractivity contribution is 6.18. The molecule has 0 radical (unpaired) electrons. The molecule has 660 valence electrons. The van der Waals surface area contributed by atoms with E-state index in [1.807, 2.05) is 146 Å². The number of rotatable bonds is 12. The Morgan fingerprint density at radius 3 is 0.662 bits per heavy atom. The van der Waals surface area contributed by atoms with Gasteiger partial charge in [0, 0.05) is 84.8 Å². The van der Waals surface area contributed by atoms with E-state index in [1.54, 1.807) is 0 Å². The Balaban J connectivity index is 0.000000110. The average molecular weight is 1810 g/mol. The smallest absolute Gasteiger partial charge is 0.165 e. The third kappa shape index (κ3) is 15.8. The monoisotopic (exact) mass is 1810 g/mol. The van der Waals surface area contributed by atoms with Crippen LogP contribution >= 0.6 is 0 Å². The number of benzene rings is 19. The van der Waals surface area contributed by atoms with Crippen LogP contribution in [-0.4, -0.2) is 69.8 Å². The number of para-hydroxylation sites is 3. The number of hydrogen-bond acceptors (Lipinski definition) is 14. The van der Waals surface area contributed by atoms with E-state index in [2.05, 4.69) is 328 Å². The van der Waals surface area contributed by atoms with Gasteiger partial charge >= 0.3 is 0 Å². The molecular formula is C128H78N14. The van der Waals surface area contributed by atoms with Crippen LogP contribution in [0.2, 0.25) is 0 Å². The van der Waals surface area contributed by atoms with Gasteiger partial charge in [0.15, 0.2) is 40.8 Å². The summed E-state index contributed by atoms with van der Waals surface area (Å²) in [5.41, 5.74) is 17.8. The molecule has 142 heavy (non-hydrogen) atoms. The van der Waals surface area contributed by atoms with Crippen molar-refractivity contribution in [3.63, 3.8) is 0 Å². The van der Waals surface area contributed by atoms with Crippen molar-refractivity contribution in [2.45, 2.75) is 0 Å². The van der Waals surface area contributed by atoms with E-state index >= 15 is 0 Å². The summed E-state index contributed by atoms with van der Waals surface area (Å²) in [4.78, 5) is 70.0. The van der Waals surface area contributed by atoms with Gasteiger partial charge in [-0.1, -0.05) is 340 Å². The summed E-state index contributed by atoms with van der Waals surface area (Å²) in [6, 6.07) is 157. The van der Waals surface area contributed by atoms with E-state index in [0.717, 1.165) is 182 Å². The summed E-state index contributed by atoms with van der Waals surface area (Å²) in [5, 5.41) is 26.6. The van der Waals surface area contributed by atoms with Crippen LogP contribution in [0.25, 0.3) is 277 Å². The van der Waals surface area contributed by atoms with Gasteiger partial charge < -0.3 is 0 Å². The third-order valence-electron chi connectivity index (χ3n) is 26.8. The maximum atomic E-state index is 5.28. The van der Waals surface area contributed by atoms with E-state index in [-0.39, 0.29) is 0 Å². The van der Waals surface area contributed by atoms with Gasteiger partial charge in [-0.05, 0) is 223 Å². The first-order valence-corrected chi connectivity index (χ1v) is 47.3. The highest BCUT2D eigenvalue weighted by atomic mass is 15.0. The summed E-state index contributed by atoms with van der Waals surface area (Å²) < 4.78 is 0. The summed E-state index contributed by atoms with van der Waals surface area (Å²) in [6.07, 6.45) is 5.52. The van der Waals surface area contributed by atoms with Gasteiger partial charge in [-0.2, -0.15) is 0 Å². The minimum atomic E-state index is 0.560. The first-order chi connectivity index (χ1) is 70.3. The summed E-state index contributed by atoms with van der Waals surface area (Å²) in [5.74, 6) is 4.22. The molecule has 0 aliphatic heterocycles. The van der Waals surface area contributed by atoms with Gasteiger partial charge in [-0.15, -0.1) is 0 Å². The molecule has 28 aromatic rings. The van der Waals surface area contributed by atoms with Crippen molar-refractivity contribution in [2.24, 2.45) is 0 Å². The highest BCUT2D eigenvalue weighted by Gasteiger charge is 2.24. The second-order valence-corrected chi connectivity index (χ2v) is 35.4. The summed E-state index contributed by atoms with van der Waals surface area (Å²) in [7, 11) is 0. The van der Waals surface area contributed by atoms with E-state index in [1.165, 1.54) is 53.9 Å². The van der Waals surface area contributed by atoms with Crippen molar-refractivity contribution in [3.05, 3.63) is 474 Å². The lowest BCUT2D eigenvalue weighted by molar-refractivity contribution is 1.07. The van der Waals surface area contributed by atoms with Crippen molar-refractivity contribution in [3.8, 4) is 136 Å². The lowest BCUT2D eigenvalue weighted by atomic mass is 9.93. The van der Waals surface area contributed by atoms with Gasteiger partial charge in [0.05, 0.1) is 62.1 Å². The van der Waals surface area contributed by atoms with Crippen molar-refractivity contribution < 1.29 is 0 Å². The molecule has 14 heteroatoms. The van der Waals surface area contributed by atoms with Crippen LogP contribution in [0.5, 0.6) is 0 Å². The first kappa shape index (κ1) is 83.2. The minimum absolute atomic E-state index is 0.560. The highest BCUT2D eigenvalue weighted by Crippen LogP contribution is 2.44. The molecule has 0 saturated carbocycles. The average Bonchev–Trinajstić information content (AvgIpc) is 0.747. The molecule has 0 atom stereocenters. The van der Waals surface area contributed by atoms with Crippen LogP contribution in [0, 0.1) is 0 Å². The number of aromatic nitrogens is 14. The van der Waals surface area contributed by atoms with Crippen molar-refractivity contribution in [1.82, 2.24) is 69.8 Å². The lowest BCUT2D eigenvalue weighted by Crippen LogP contribution is -2.02. The molecule has 9 aromatic heterocycles. The maximum absolute atomic E-state index is 5.28. The Morgan fingerprint density at radius 2 is 0.338 bits per heavy atom.